The average molecular weight is 344 g/mol. The lowest BCUT2D eigenvalue weighted by Crippen LogP contribution is -2.34. The van der Waals surface area contributed by atoms with Gasteiger partial charge in [0.2, 0.25) is 11.7 Å². The number of nitrogens with zero attached hydrogens (tertiary/aromatic N) is 6. The van der Waals surface area contributed by atoms with Gasteiger partial charge in [-0.3, -0.25) is 4.90 Å². The first-order chi connectivity index (χ1) is 11.6. The van der Waals surface area contributed by atoms with Crippen molar-refractivity contribution in [1.29, 1.82) is 0 Å². The van der Waals surface area contributed by atoms with Crippen LogP contribution in [-0.2, 0) is 0 Å². The Hall–Kier alpha value is -1.93. The predicted octanol–water partition coefficient (Wildman–Crippen LogP) is 2.51. The van der Waals surface area contributed by atoms with E-state index in [0.717, 1.165) is 47.2 Å². The van der Waals surface area contributed by atoms with Gasteiger partial charge in [-0.1, -0.05) is 5.16 Å². The minimum absolute atomic E-state index is 0.130. The molecule has 0 aliphatic carbocycles. The highest BCUT2D eigenvalue weighted by atomic mass is 32.2. The van der Waals surface area contributed by atoms with Gasteiger partial charge in [-0.05, 0) is 26.8 Å². The molecule has 0 unspecified atom stereocenters. The SMILES string of the molecule is Cc1cc(C)n2ncc(-c3noc([C@@H](C)N4CCSCC4)n3)c2n1. The van der Waals surface area contributed by atoms with Gasteiger partial charge in [0.1, 0.15) is 0 Å². The highest BCUT2D eigenvalue weighted by molar-refractivity contribution is 7.99. The predicted molar refractivity (Wildman–Crippen MR) is 93.1 cm³/mol. The van der Waals surface area contributed by atoms with Crippen molar-refractivity contribution in [3.05, 3.63) is 29.5 Å². The quantitative estimate of drug-likeness (QED) is 0.723. The van der Waals surface area contributed by atoms with Gasteiger partial charge in [0.15, 0.2) is 5.65 Å². The summed E-state index contributed by atoms with van der Waals surface area (Å²) in [5, 5.41) is 8.57. The molecule has 24 heavy (non-hydrogen) atoms. The Balaban J connectivity index is 1.67. The van der Waals surface area contributed by atoms with Crippen molar-refractivity contribution < 1.29 is 4.52 Å². The Labute approximate surface area is 144 Å². The smallest absolute Gasteiger partial charge is 0.244 e. The second kappa shape index (κ2) is 6.18. The van der Waals surface area contributed by atoms with E-state index in [0.29, 0.717) is 11.7 Å². The number of hydrogen-bond acceptors (Lipinski definition) is 7. The maximum absolute atomic E-state index is 5.54. The van der Waals surface area contributed by atoms with Crippen molar-refractivity contribution in [2.24, 2.45) is 0 Å². The lowest BCUT2D eigenvalue weighted by Gasteiger charge is -2.29. The minimum atomic E-state index is 0.130. The summed E-state index contributed by atoms with van der Waals surface area (Å²) in [6.45, 7) is 8.22. The van der Waals surface area contributed by atoms with Crippen molar-refractivity contribution >= 4 is 17.4 Å². The molecule has 1 atom stereocenters. The zero-order valence-electron chi connectivity index (χ0n) is 14.1. The lowest BCUT2D eigenvalue weighted by molar-refractivity contribution is 0.189. The van der Waals surface area contributed by atoms with Crippen molar-refractivity contribution in [3.63, 3.8) is 0 Å². The number of thioether (sulfide) groups is 1. The van der Waals surface area contributed by atoms with Crippen molar-refractivity contribution in [2.75, 3.05) is 24.6 Å². The summed E-state index contributed by atoms with van der Waals surface area (Å²) in [6, 6.07) is 2.13. The minimum Gasteiger partial charge on any atom is -0.337 e. The first-order valence-electron chi connectivity index (χ1n) is 8.11. The summed E-state index contributed by atoms with van der Waals surface area (Å²) in [4.78, 5) is 11.6. The first-order valence-corrected chi connectivity index (χ1v) is 9.26. The van der Waals surface area contributed by atoms with Crippen LogP contribution in [0.5, 0.6) is 0 Å². The second-order valence-electron chi connectivity index (χ2n) is 6.11. The average Bonchev–Trinajstić information content (AvgIpc) is 3.21. The van der Waals surface area contributed by atoms with Crippen LogP contribution in [0.15, 0.2) is 16.8 Å². The molecule has 0 bridgehead atoms. The van der Waals surface area contributed by atoms with E-state index in [1.165, 1.54) is 0 Å². The largest absolute Gasteiger partial charge is 0.337 e. The molecule has 1 aliphatic heterocycles. The first kappa shape index (κ1) is 15.6. The van der Waals surface area contributed by atoms with E-state index < -0.39 is 0 Å². The Morgan fingerprint density at radius 3 is 2.79 bits per heavy atom. The molecule has 0 spiro atoms. The van der Waals surface area contributed by atoms with E-state index in [-0.39, 0.29) is 6.04 Å². The molecule has 1 fully saturated rings. The molecule has 0 amide bonds. The molecule has 0 radical (unpaired) electrons. The highest BCUT2D eigenvalue weighted by Gasteiger charge is 2.24. The third-order valence-corrected chi connectivity index (χ3v) is 5.35. The molecular formula is C16H20N6OS. The van der Waals surface area contributed by atoms with Crippen LogP contribution in [0.2, 0.25) is 0 Å². The van der Waals surface area contributed by atoms with Crippen LogP contribution in [-0.4, -0.2) is 54.2 Å². The second-order valence-corrected chi connectivity index (χ2v) is 7.34. The molecule has 0 saturated carbocycles. The molecule has 4 rings (SSSR count). The van der Waals surface area contributed by atoms with Gasteiger partial charge >= 0.3 is 0 Å². The van der Waals surface area contributed by atoms with E-state index >= 15 is 0 Å². The number of aromatic nitrogens is 5. The summed E-state index contributed by atoms with van der Waals surface area (Å²) < 4.78 is 7.35. The topological polar surface area (TPSA) is 72.3 Å². The van der Waals surface area contributed by atoms with E-state index in [9.17, 15) is 0 Å². The van der Waals surface area contributed by atoms with Crippen LogP contribution in [0, 0.1) is 13.8 Å². The number of aryl methyl sites for hydroxylation is 2. The molecule has 126 valence electrons. The monoisotopic (exact) mass is 344 g/mol. The summed E-state index contributed by atoms with van der Waals surface area (Å²) in [7, 11) is 0. The fourth-order valence-corrected chi connectivity index (χ4v) is 3.99. The van der Waals surface area contributed by atoms with Crippen LogP contribution >= 0.6 is 11.8 Å². The maximum atomic E-state index is 5.54. The van der Waals surface area contributed by atoms with Crippen molar-refractivity contribution in [1.82, 2.24) is 29.6 Å². The number of fused-ring (bicyclic) bond motifs is 1. The number of hydrogen-bond donors (Lipinski definition) is 0. The lowest BCUT2D eigenvalue weighted by atomic mass is 10.2. The third kappa shape index (κ3) is 2.69. The van der Waals surface area contributed by atoms with Gasteiger partial charge < -0.3 is 4.52 Å². The standard InChI is InChI=1S/C16H20N6OS/c1-10-8-11(2)22-15(18-10)13(9-17-22)14-19-16(23-20-14)12(3)21-4-6-24-7-5-21/h8-9,12H,4-7H2,1-3H3/t12-/m1/s1. The Morgan fingerprint density at radius 1 is 1.21 bits per heavy atom. The summed E-state index contributed by atoms with van der Waals surface area (Å²) in [6.07, 6.45) is 1.76. The molecule has 1 saturated heterocycles. The van der Waals surface area contributed by atoms with Crippen LogP contribution in [0.3, 0.4) is 0 Å². The van der Waals surface area contributed by atoms with E-state index in [4.69, 9.17) is 4.52 Å². The van der Waals surface area contributed by atoms with Crippen LogP contribution in [0.4, 0.5) is 0 Å². The molecule has 7 nitrogen and oxygen atoms in total. The number of rotatable bonds is 3. The Bertz CT molecular complexity index is 867. The zero-order valence-corrected chi connectivity index (χ0v) is 14.9. The summed E-state index contributed by atoms with van der Waals surface area (Å²) in [5.74, 6) is 3.51. The summed E-state index contributed by atoms with van der Waals surface area (Å²) in [5.41, 5.74) is 3.55. The van der Waals surface area contributed by atoms with Gasteiger partial charge in [-0.2, -0.15) is 21.8 Å². The fourth-order valence-electron chi connectivity index (χ4n) is 3.06. The Morgan fingerprint density at radius 2 is 2.00 bits per heavy atom. The van der Waals surface area contributed by atoms with Gasteiger partial charge in [-0.15, -0.1) is 0 Å². The molecule has 8 heteroatoms. The molecule has 3 aromatic rings. The van der Waals surface area contributed by atoms with Gasteiger partial charge in [0.05, 0.1) is 17.8 Å². The van der Waals surface area contributed by atoms with Crippen LogP contribution in [0.25, 0.3) is 17.0 Å². The van der Waals surface area contributed by atoms with Gasteiger partial charge in [0, 0.05) is 36.0 Å². The van der Waals surface area contributed by atoms with E-state index in [1.807, 2.05) is 36.2 Å². The maximum Gasteiger partial charge on any atom is 0.244 e. The molecule has 3 aromatic heterocycles. The molecular weight excluding hydrogens is 324 g/mol. The van der Waals surface area contributed by atoms with Crippen LogP contribution < -0.4 is 0 Å². The molecule has 0 aromatic carbocycles. The normalized spacial score (nSPS) is 17.5. The Kier molecular flexibility index (Phi) is 4.01. The van der Waals surface area contributed by atoms with E-state index in [1.54, 1.807) is 6.20 Å². The van der Waals surface area contributed by atoms with Crippen molar-refractivity contribution in [2.45, 2.75) is 26.8 Å². The fraction of sp³-hybridized carbons (Fsp3) is 0.500. The summed E-state index contributed by atoms with van der Waals surface area (Å²) >= 11 is 1.99. The molecule has 0 N–H and O–H groups in total. The molecule has 1 aliphatic rings. The van der Waals surface area contributed by atoms with E-state index in [2.05, 4.69) is 32.0 Å². The van der Waals surface area contributed by atoms with Crippen LogP contribution in [0.1, 0.15) is 30.2 Å². The third-order valence-electron chi connectivity index (χ3n) is 4.41. The zero-order chi connectivity index (χ0) is 16.7. The van der Waals surface area contributed by atoms with Crippen molar-refractivity contribution in [3.8, 4) is 11.4 Å². The highest BCUT2D eigenvalue weighted by Crippen LogP contribution is 2.26. The van der Waals surface area contributed by atoms with Gasteiger partial charge in [0.25, 0.3) is 0 Å². The van der Waals surface area contributed by atoms with Gasteiger partial charge in [-0.25, -0.2) is 9.50 Å². The molecule has 4 heterocycles.